The van der Waals surface area contributed by atoms with E-state index in [1.165, 1.54) is 0 Å². The van der Waals surface area contributed by atoms with Crippen LogP contribution in [0.25, 0.3) is 10.9 Å². The molecule has 9 heteroatoms. The van der Waals surface area contributed by atoms with Crippen molar-refractivity contribution in [3.05, 3.63) is 40.4 Å². The maximum Gasteiger partial charge on any atom is 0.326 e. The van der Waals surface area contributed by atoms with Crippen LogP contribution in [0.5, 0.6) is 0 Å². The Balaban J connectivity index is 1.46. The van der Waals surface area contributed by atoms with E-state index in [9.17, 15) is 19.2 Å². The minimum Gasteiger partial charge on any atom is -0.453 e. The molecule has 1 aromatic carbocycles. The number of H-pyrrole nitrogens is 1. The molecule has 9 nitrogen and oxygen atoms in total. The minimum absolute atomic E-state index is 0.107. The Kier molecular flexibility index (Phi) is 4.17. The summed E-state index contributed by atoms with van der Waals surface area (Å²) in [6, 6.07) is 6.23. The molecule has 0 radical (unpaired) electrons. The number of imide groups is 1. The molecule has 2 atom stereocenters. The number of fused-ring (bicyclic) bond motifs is 1. The molecule has 0 bridgehead atoms. The van der Waals surface area contributed by atoms with E-state index in [1.54, 1.807) is 38.1 Å². The van der Waals surface area contributed by atoms with Gasteiger partial charge in [0.15, 0.2) is 11.9 Å². The van der Waals surface area contributed by atoms with Crippen LogP contribution < -0.4 is 10.9 Å². The molecule has 28 heavy (non-hydrogen) atoms. The number of esters is 1. The van der Waals surface area contributed by atoms with Gasteiger partial charge in [-0.15, -0.1) is 0 Å². The van der Waals surface area contributed by atoms with E-state index in [0.717, 1.165) is 17.7 Å². The number of aromatic nitrogens is 2. The van der Waals surface area contributed by atoms with Crippen molar-refractivity contribution in [2.24, 2.45) is 5.92 Å². The van der Waals surface area contributed by atoms with Gasteiger partial charge in [0, 0.05) is 0 Å². The first-order chi connectivity index (χ1) is 13.3. The number of benzene rings is 1. The Morgan fingerprint density at radius 2 is 2.04 bits per heavy atom. The SMILES string of the molecule is C[C@@H](OC(=O)CN1C(=O)N[C@](C)(C2CC2)C1=O)c1nc2ccccc2c(=O)[nH]1. The largest absolute Gasteiger partial charge is 0.453 e. The number of carbonyl (C=O) groups excluding carboxylic acids is 3. The maximum absolute atomic E-state index is 12.6. The van der Waals surface area contributed by atoms with E-state index in [1.807, 2.05) is 0 Å². The van der Waals surface area contributed by atoms with Gasteiger partial charge in [0.05, 0.1) is 10.9 Å². The molecule has 2 aromatic rings. The van der Waals surface area contributed by atoms with E-state index < -0.39 is 36.1 Å². The summed E-state index contributed by atoms with van der Waals surface area (Å²) in [7, 11) is 0. The standard InChI is InChI=1S/C19H20N4O5/c1-10(15-20-13-6-4-3-5-12(13)16(25)21-15)28-14(24)9-23-17(26)19(2,11-7-8-11)22-18(23)27/h3-6,10-11H,7-9H2,1-2H3,(H,22,27)(H,20,21,25)/t10-,19-/m1/s1. The lowest BCUT2D eigenvalue weighted by Gasteiger charge is -2.21. The second-order valence-corrected chi connectivity index (χ2v) is 7.40. The highest BCUT2D eigenvalue weighted by atomic mass is 16.5. The monoisotopic (exact) mass is 384 g/mol. The second-order valence-electron chi connectivity index (χ2n) is 7.40. The first-order valence-corrected chi connectivity index (χ1v) is 9.12. The number of ether oxygens (including phenoxy) is 1. The smallest absolute Gasteiger partial charge is 0.326 e. The molecule has 146 valence electrons. The highest BCUT2D eigenvalue weighted by molar-refractivity contribution is 6.08. The first kappa shape index (κ1) is 18.1. The van der Waals surface area contributed by atoms with Gasteiger partial charge in [0.1, 0.15) is 12.1 Å². The Hall–Kier alpha value is -3.23. The summed E-state index contributed by atoms with van der Waals surface area (Å²) in [5.74, 6) is -0.874. The van der Waals surface area contributed by atoms with Gasteiger partial charge in [-0.1, -0.05) is 12.1 Å². The molecule has 2 N–H and O–H groups in total. The number of hydrogen-bond acceptors (Lipinski definition) is 6. The Morgan fingerprint density at radius 3 is 2.75 bits per heavy atom. The van der Waals surface area contributed by atoms with Gasteiger partial charge in [0.25, 0.3) is 11.5 Å². The summed E-state index contributed by atoms with van der Waals surface area (Å²) in [5.41, 5.74) is -0.801. The Bertz CT molecular complexity index is 1040. The van der Waals surface area contributed by atoms with Gasteiger partial charge < -0.3 is 15.0 Å². The molecule has 1 aliphatic heterocycles. The number of nitrogens with zero attached hydrogens (tertiary/aromatic N) is 2. The third kappa shape index (κ3) is 3.02. The van der Waals surface area contributed by atoms with Crippen LogP contribution in [-0.2, 0) is 14.3 Å². The van der Waals surface area contributed by atoms with Crippen molar-refractivity contribution in [2.75, 3.05) is 6.54 Å². The van der Waals surface area contributed by atoms with Crippen molar-refractivity contribution in [1.29, 1.82) is 0 Å². The maximum atomic E-state index is 12.6. The third-order valence-electron chi connectivity index (χ3n) is 5.31. The van der Waals surface area contributed by atoms with Crippen molar-refractivity contribution in [1.82, 2.24) is 20.2 Å². The van der Waals surface area contributed by atoms with Gasteiger partial charge >= 0.3 is 12.0 Å². The molecule has 4 rings (SSSR count). The minimum atomic E-state index is -0.950. The summed E-state index contributed by atoms with van der Waals surface area (Å²) in [6.07, 6.45) is 0.901. The topological polar surface area (TPSA) is 121 Å². The molecule has 3 amide bonds. The lowest BCUT2D eigenvalue weighted by atomic mass is 9.96. The predicted octanol–water partition coefficient (Wildman–Crippen LogP) is 1.25. The van der Waals surface area contributed by atoms with Gasteiger partial charge in [-0.05, 0) is 44.7 Å². The fourth-order valence-electron chi connectivity index (χ4n) is 3.51. The lowest BCUT2D eigenvalue weighted by molar-refractivity contribution is -0.152. The van der Waals surface area contributed by atoms with E-state index in [2.05, 4.69) is 15.3 Å². The van der Waals surface area contributed by atoms with Crippen molar-refractivity contribution in [3.8, 4) is 0 Å². The molecular weight excluding hydrogens is 364 g/mol. The highest BCUT2D eigenvalue weighted by Gasteiger charge is 2.56. The average Bonchev–Trinajstić information content (AvgIpc) is 3.48. The molecular formula is C19H20N4O5. The number of urea groups is 1. The van der Waals surface area contributed by atoms with Gasteiger partial charge in [-0.3, -0.25) is 19.3 Å². The van der Waals surface area contributed by atoms with Crippen LogP contribution in [0.15, 0.2) is 29.1 Å². The van der Waals surface area contributed by atoms with Crippen molar-refractivity contribution in [3.63, 3.8) is 0 Å². The van der Waals surface area contributed by atoms with Crippen LogP contribution in [-0.4, -0.2) is 44.9 Å². The number of hydrogen-bond donors (Lipinski definition) is 2. The summed E-state index contributed by atoms with van der Waals surface area (Å²) in [6.45, 7) is 2.75. The fraction of sp³-hybridized carbons (Fsp3) is 0.421. The molecule has 2 aliphatic rings. The normalized spacial score (nSPS) is 23.0. The number of nitrogens with one attached hydrogen (secondary N) is 2. The van der Waals surface area contributed by atoms with E-state index in [0.29, 0.717) is 10.9 Å². The van der Waals surface area contributed by atoms with E-state index in [4.69, 9.17) is 4.74 Å². The fourth-order valence-corrected chi connectivity index (χ4v) is 3.51. The van der Waals surface area contributed by atoms with Gasteiger partial charge in [-0.2, -0.15) is 0 Å². The zero-order chi connectivity index (χ0) is 20.1. The predicted molar refractivity (Wildman–Crippen MR) is 98.2 cm³/mol. The van der Waals surface area contributed by atoms with E-state index in [-0.39, 0.29) is 17.3 Å². The summed E-state index contributed by atoms with van der Waals surface area (Å²) in [5, 5.41) is 3.11. The molecule has 2 fully saturated rings. The van der Waals surface area contributed by atoms with Crippen LogP contribution >= 0.6 is 0 Å². The third-order valence-corrected chi connectivity index (χ3v) is 5.31. The number of carbonyl (C=O) groups is 3. The quantitative estimate of drug-likeness (QED) is 0.591. The molecule has 1 saturated carbocycles. The number of para-hydroxylation sites is 1. The summed E-state index contributed by atoms with van der Waals surface area (Å²) >= 11 is 0. The Morgan fingerprint density at radius 1 is 1.32 bits per heavy atom. The van der Waals surface area contributed by atoms with Crippen molar-refractivity contribution >= 4 is 28.8 Å². The average molecular weight is 384 g/mol. The summed E-state index contributed by atoms with van der Waals surface area (Å²) in [4.78, 5) is 57.0. The van der Waals surface area contributed by atoms with Crippen LogP contribution in [0.1, 0.15) is 38.6 Å². The summed E-state index contributed by atoms with van der Waals surface area (Å²) < 4.78 is 5.30. The van der Waals surface area contributed by atoms with Crippen LogP contribution in [0.2, 0.25) is 0 Å². The number of aromatic amines is 1. The van der Waals surface area contributed by atoms with Gasteiger partial charge in [0.2, 0.25) is 0 Å². The molecule has 1 saturated heterocycles. The highest BCUT2D eigenvalue weighted by Crippen LogP contribution is 2.42. The van der Waals surface area contributed by atoms with Crippen LogP contribution in [0, 0.1) is 5.92 Å². The lowest BCUT2D eigenvalue weighted by Crippen LogP contribution is -2.46. The zero-order valence-electron chi connectivity index (χ0n) is 15.5. The number of amides is 3. The molecule has 0 spiro atoms. The van der Waals surface area contributed by atoms with E-state index >= 15 is 0 Å². The molecule has 1 aliphatic carbocycles. The molecule has 1 aromatic heterocycles. The zero-order valence-corrected chi connectivity index (χ0v) is 15.5. The van der Waals surface area contributed by atoms with Crippen LogP contribution in [0.4, 0.5) is 4.79 Å². The Labute approximate surface area is 160 Å². The second kappa shape index (κ2) is 6.43. The molecule has 2 heterocycles. The van der Waals surface area contributed by atoms with Crippen LogP contribution in [0.3, 0.4) is 0 Å². The van der Waals surface area contributed by atoms with Crippen molar-refractivity contribution in [2.45, 2.75) is 38.3 Å². The van der Waals surface area contributed by atoms with Gasteiger partial charge in [-0.25, -0.2) is 9.78 Å². The number of rotatable bonds is 5. The molecule has 0 unspecified atom stereocenters. The first-order valence-electron chi connectivity index (χ1n) is 9.12. The van der Waals surface area contributed by atoms with Crippen molar-refractivity contribution < 1.29 is 19.1 Å².